The molecule has 1 N–H and O–H groups in total. The van der Waals surface area contributed by atoms with E-state index in [1.54, 1.807) is 24.3 Å². The van der Waals surface area contributed by atoms with Gasteiger partial charge in [0.15, 0.2) is 17.5 Å². The molecular formula is C35H24O12. The van der Waals surface area contributed by atoms with Crippen molar-refractivity contribution in [1.82, 2.24) is 0 Å². The second-order valence-electron chi connectivity index (χ2n) is 10.0. The minimum atomic E-state index is -1.41. The molecule has 5 rings (SSSR count). The van der Waals surface area contributed by atoms with Gasteiger partial charge < -0.3 is 28.5 Å². The Balaban J connectivity index is 1.82. The first kappa shape index (κ1) is 31.9. The van der Waals surface area contributed by atoms with Crippen LogP contribution in [0, 0.1) is 0 Å². The van der Waals surface area contributed by atoms with E-state index in [4.69, 9.17) is 23.4 Å². The molecule has 0 radical (unpaired) electrons. The minimum Gasteiger partial charge on any atom is -0.507 e. The summed E-state index contributed by atoms with van der Waals surface area (Å²) >= 11 is 0. The van der Waals surface area contributed by atoms with Gasteiger partial charge in [-0.05, 0) is 53.6 Å². The van der Waals surface area contributed by atoms with Crippen LogP contribution in [0.5, 0.6) is 28.7 Å². The van der Waals surface area contributed by atoms with Gasteiger partial charge in [0.05, 0.1) is 30.2 Å². The molecule has 0 bridgehead atoms. The van der Waals surface area contributed by atoms with E-state index >= 15 is 0 Å². The van der Waals surface area contributed by atoms with E-state index in [0.29, 0.717) is 17.4 Å². The summed E-state index contributed by atoms with van der Waals surface area (Å²) in [6, 6.07) is 18.9. The van der Waals surface area contributed by atoms with E-state index in [2.05, 4.69) is 0 Å². The first-order valence-corrected chi connectivity index (χ1v) is 13.8. The summed E-state index contributed by atoms with van der Waals surface area (Å²) in [6.07, 6.45) is 1.47. The summed E-state index contributed by atoms with van der Waals surface area (Å²) in [6.45, 7) is 0.667. The Bertz CT molecular complexity index is 1970. The number of ketones is 1. The van der Waals surface area contributed by atoms with Crippen molar-refractivity contribution in [3.8, 4) is 28.7 Å². The van der Waals surface area contributed by atoms with E-state index in [9.17, 15) is 33.9 Å². The summed E-state index contributed by atoms with van der Waals surface area (Å²) in [5, 5.41) is 10.7. The number of aromatic hydroxyl groups is 1. The van der Waals surface area contributed by atoms with Gasteiger partial charge in [0, 0.05) is 29.2 Å². The molecule has 236 valence electrons. The van der Waals surface area contributed by atoms with Crippen LogP contribution >= 0.6 is 0 Å². The highest BCUT2D eigenvalue weighted by Crippen LogP contribution is 2.43. The Kier molecular flexibility index (Phi) is 9.51. The van der Waals surface area contributed by atoms with Gasteiger partial charge in [0.2, 0.25) is 0 Å². The highest BCUT2D eigenvalue weighted by atomic mass is 16.5. The Labute approximate surface area is 265 Å². The van der Waals surface area contributed by atoms with Gasteiger partial charge in [0.1, 0.15) is 34.3 Å². The van der Waals surface area contributed by atoms with Gasteiger partial charge in [-0.15, -0.1) is 0 Å². The first-order chi connectivity index (χ1) is 22.8. The lowest BCUT2D eigenvalue weighted by Gasteiger charge is -2.28. The van der Waals surface area contributed by atoms with Crippen molar-refractivity contribution < 1.29 is 52.4 Å². The van der Waals surface area contributed by atoms with Crippen LogP contribution in [0.25, 0.3) is 11.0 Å². The molecular weight excluding hydrogens is 612 g/mol. The van der Waals surface area contributed by atoms with Crippen molar-refractivity contribution in [1.29, 1.82) is 0 Å². The minimum absolute atomic E-state index is 0.0468. The van der Waals surface area contributed by atoms with Crippen molar-refractivity contribution in [2.24, 2.45) is 0 Å². The fourth-order valence-corrected chi connectivity index (χ4v) is 5.38. The average molecular weight is 637 g/mol. The maximum atomic E-state index is 14.6. The number of rotatable bonds is 14. The number of Topliss-reactive ketones (excluding diaryl/α,β-unsaturated/α-hetero) is 1. The molecule has 5 aromatic rings. The number of carbonyl (C=O) groups is 5. The molecule has 0 aliphatic heterocycles. The molecule has 0 aliphatic rings. The smallest absolute Gasteiger partial charge is 0.298 e. The Morgan fingerprint density at radius 1 is 0.745 bits per heavy atom. The quantitative estimate of drug-likeness (QED) is 0.131. The number of aldehydes is 1. The number of benzene rings is 4. The maximum Gasteiger partial charge on any atom is 0.298 e. The van der Waals surface area contributed by atoms with Crippen molar-refractivity contribution in [3.63, 3.8) is 0 Å². The topological polar surface area (TPSA) is 173 Å². The number of fused-ring (bicyclic) bond motifs is 1. The molecule has 1 aromatic heterocycles. The lowest BCUT2D eigenvalue weighted by atomic mass is 9.73. The number of carbonyl (C=O) groups excluding carboxylic acids is 5. The van der Waals surface area contributed by atoms with Crippen LogP contribution in [0.4, 0.5) is 0 Å². The third kappa shape index (κ3) is 6.47. The normalized spacial score (nSPS) is 11.4. The van der Waals surface area contributed by atoms with E-state index < -0.39 is 28.8 Å². The van der Waals surface area contributed by atoms with E-state index in [-0.39, 0.29) is 70.1 Å². The second kappa shape index (κ2) is 14.0. The predicted octanol–water partition coefficient (Wildman–Crippen LogP) is 4.72. The SMILES string of the molecule is COc1ccc(C(=O)C(c2coc3cc(OC=O)cc(C=O)c3c2=O)C(c2ccc(OC=O)cc2)c2ccc(OC=O)cc2)c(O)c1. The largest absolute Gasteiger partial charge is 0.507 e. The monoisotopic (exact) mass is 636 g/mol. The van der Waals surface area contributed by atoms with Gasteiger partial charge in [-0.25, -0.2) is 0 Å². The molecule has 0 spiro atoms. The number of methoxy groups -OCH3 is 1. The lowest BCUT2D eigenvalue weighted by Crippen LogP contribution is -2.27. The zero-order valence-electron chi connectivity index (χ0n) is 24.5. The molecule has 0 aliphatic carbocycles. The summed E-state index contributed by atoms with van der Waals surface area (Å²) in [7, 11) is 1.39. The Hall–Kier alpha value is -6.56. The van der Waals surface area contributed by atoms with E-state index in [1.165, 1.54) is 61.7 Å². The standard InChI is InChI=1S/C35H24O12/c1-43-25-10-11-27(29(40)13-25)34(41)33(28-16-44-30-14-26(47-19-39)12-22(15-36)32(30)35(28)42)31(20-2-6-23(7-3-20)45-17-37)21-4-8-24(9-5-21)46-18-38/h2-19,31,33,40H,1H3. The van der Waals surface area contributed by atoms with Crippen LogP contribution in [-0.2, 0) is 14.4 Å². The zero-order valence-corrected chi connectivity index (χ0v) is 24.5. The average Bonchev–Trinajstić information content (AvgIpc) is 3.08. The zero-order chi connectivity index (χ0) is 33.5. The lowest BCUT2D eigenvalue weighted by molar-refractivity contribution is -0.121. The number of hydrogen-bond acceptors (Lipinski definition) is 12. The molecule has 0 saturated heterocycles. The van der Waals surface area contributed by atoms with Gasteiger partial charge in [-0.3, -0.25) is 28.8 Å². The van der Waals surface area contributed by atoms with Crippen molar-refractivity contribution in [3.05, 3.63) is 123 Å². The van der Waals surface area contributed by atoms with Gasteiger partial charge in [0.25, 0.3) is 19.4 Å². The Morgan fingerprint density at radius 3 is 1.81 bits per heavy atom. The highest BCUT2D eigenvalue weighted by molar-refractivity contribution is 6.05. The Morgan fingerprint density at radius 2 is 1.30 bits per heavy atom. The fraction of sp³-hybridized carbons (Fsp3) is 0.0857. The molecule has 4 aromatic carbocycles. The summed E-state index contributed by atoms with van der Waals surface area (Å²) in [4.78, 5) is 73.9. The molecule has 12 heteroatoms. The van der Waals surface area contributed by atoms with Crippen LogP contribution in [0.1, 0.15) is 49.2 Å². The third-order valence-corrected chi connectivity index (χ3v) is 7.49. The molecule has 12 nitrogen and oxygen atoms in total. The fourth-order valence-electron chi connectivity index (χ4n) is 5.38. The predicted molar refractivity (Wildman–Crippen MR) is 164 cm³/mol. The van der Waals surface area contributed by atoms with Crippen molar-refractivity contribution >= 4 is 42.5 Å². The van der Waals surface area contributed by atoms with Crippen LogP contribution in [0.2, 0.25) is 0 Å². The molecule has 0 amide bonds. The second-order valence-corrected chi connectivity index (χ2v) is 10.0. The summed E-state index contributed by atoms with van der Waals surface area (Å²) in [5.41, 5.74) is -0.336. The summed E-state index contributed by atoms with van der Waals surface area (Å²) in [5.74, 6) is -2.85. The molecule has 0 saturated carbocycles. The van der Waals surface area contributed by atoms with Crippen LogP contribution in [0.15, 0.2) is 94.3 Å². The van der Waals surface area contributed by atoms with Gasteiger partial charge in [-0.1, -0.05) is 24.3 Å². The van der Waals surface area contributed by atoms with Crippen LogP contribution < -0.4 is 24.4 Å². The molecule has 47 heavy (non-hydrogen) atoms. The third-order valence-electron chi connectivity index (χ3n) is 7.49. The van der Waals surface area contributed by atoms with Gasteiger partial charge >= 0.3 is 0 Å². The first-order valence-electron chi connectivity index (χ1n) is 13.8. The van der Waals surface area contributed by atoms with E-state index in [0.717, 1.165) is 6.26 Å². The molecule has 1 unspecified atom stereocenters. The molecule has 1 atom stereocenters. The van der Waals surface area contributed by atoms with Crippen LogP contribution in [0.3, 0.4) is 0 Å². The van der Waals surface area contributed by atoms with Crippen molar-refractivity contribution in [2.45, 2.75) is 11.8 Å². The van der Waals surface area contributed by atoms with Crippen molar-refractivity contribution in [2.75, 3.05) is 7.11 Å². The number of hydrogen-bond donors (Lipinski definition) is 1. The number of phenols is 1. The highest BCUT2D eigenvalue weighted by Gasteiger charge is 2.37. The molecule has 0 fully saturated rings. The summed E-state index contributed by atoms with van der Waals surface area (Å²) < 4.78 is 25.7. The van der Waals surface area contributed by atoms with E-state index in [1.807, 2.05) is 0 Å². The van der Waals surface area contributed by atoms with Gasteiger partial charge in [-0.2, -0.15) is 0 Å². The maximum absolute atomic E-state index is 14.6. The number of ether oxygens (including phenoxy) is 4. The van der Waals surface area contributed by atoms with Crippen LogP contribution in [-0.4, -0.2) is 43.7 Å². The number of phenolic OH excluding ortho intramolecular Hbond substituents is 1. The molecule has 1 heterocycles.